The Balaban J connectivity index is 1.38. The molecule has 0 unspecified atom stereocenters. The minimum Gasteiger partial charge on any atom is -0.481 e. The molecule has 7 nitrogen and oxygen atoms in total. The number of amides is 2. The molecule has 2 aliphatic rings. The second kappa shape index (κ2) is 10.5. The first-order valence-corrected chi connectivity index (χ1v) is 12.4. The summed E-state index contributed by atoms with van der Waals surface area (Å²) >= 11 is 0. The van der Waals surface area contributed by atoms with E-state index in [2.05, 4.69) is 34.9 Å². The van der Waals surface area contributed by atoms with Gasteiger partial charge in [0.05, 0.1) is 6.42 Å². The molecule has 0 spiro atoms. The highest BCUT2D eigenvalue weighted by Gasteiger charge is 2.40. The average Bonchev–Trinajstić information content (AvgIpc) is 3.15. The molecule has 4 rings (SSSR count). The van der Waals surface area contributed by atoms with Crippen molar-refractivity contribution in [3.63, 3.8) is 0 Å². The lowest BCUT2D eigenvalue weighted by molar-refractivity contribution is -0.142. The molecule has 186 valence electrons. The minimum atomic E-state index is -0.853. The van der Waals surface area contributed by atoms with Gasteiger partial charge in [-0.05, 0) is 46.4 Å². The summed E-state index contributed by atoms with van der Waals surface area (Å²) in [7, 11) is 0. The van der Waals surface area contributed by atoms with Crippen molar-refractivity contribution >= 4 is 18.0 Å². The highest BCUT2D eigenvalue weighted by atomic mass is 16.5. The Morgan fingerprint density at radius 1 is 1.06 bits per heavy atom. The molecule has 2 atom stereocenters. The van der Waals surface area contributed by atoms with Crippen molar-refractivity contribution < 1.29 is 24.2 Å². The third kappa shape index (κ3) is 5.34. The molecule has 0 heterocycles. The lowest BCUT2D eigenvalue weighted by atomic mass is 9.66. The van der Waals surface area contributed by atoms with E-state index in [1.165, 1.54) is 0 Å². The minimum absolute atomic E-state index is 0.0427. The second-order valence-corrected chi connectivity index (χ2v) is 9.97. The van der Waals surface area contributed by atoms with Gasteiger partial charge >= 0.3 is 12.1 Å². The van der Waals surface area contributed by atoms with Gasteiger partial charge < -0.3 is 20.5 Å². The van der Waals surface area contributed by atoms with E-state index in [0.29, 0.717) is 13.0 Å². The summed E-state index contributed by atoms with van der Waals surface area (Å²) in [6, 6.07) is 15.5. The quantitative estimate of drug-likeness (QED) is 0.459. The van der Waals surface area contributed by atoms with Crippen molar-refractivity contribution in [2.45, 2.75) is 57.9 Å². The van der Waals surface area contributed by atoms with Gasteiger partial charge in [-0.25, -0.2) is 4.79 Å². The number of benzene rings is 2. The van der Waals surface area contributed by atoms with Crippen LogP contribution in [0.1, 0.15) is 63.0 Å². The van der Waals surface area contributed by atoms with E-state index in [-0.39, 0.29) is 36.2 Å². The number of nitrogens with one attached hydrogen (secondary N) is 2. The van der Waals surface area contributed by atoms with Crippen LogP contribution in [0.15, 0.2) is 48.5 Å². The second-order valence-electron chi connectivity index (χ2n) is 9.97. The van der Waals surface area contributed by atoms with E-state index in [1.807, 2.05) is 38.1 Å². The molecule has 1 saturated carbocycles. The summed E-state index contributed by atoms with van der Waals surface area (Å²) in [5, 5.41) is 14.9. The van der Waals surface area contributed by atoms with Gasteiger partial charge in [-0.1, -0.05) is 75.2 Å². The number of fused-ring (bicyclic) bond motifs is 3. The van der Waals surface area contributed by atoms with Crippen molar-refractivity contribution in [3.05, 3.63) is 59.7 Å². The number of aliphatic carboxylic acids is 1. The first-order chi connectivity index (χ1) is 16.8. The third-order valence-electron chi connectivity index (χ3n) is 7.69. The van der Waals surface area contributed by atoms with Crippen molar-refractivity contribution in [2.75, 3.05) is 13.2 Å². The van der Waals surface area contributed by atoms with E-state index >= 15 is 0 Å². The predicted octanol–water partition coefficient (Wildman–Crippen LogP) is 4.70. The molecule has 0 aliphatic heterocycles. The maximum Gasteiger partial charge on any atom is 0.407 e. The number of carboxylic acids is 1. The summed E-state index contributed by atoms with van der Waals surface area (Å²) in [6.07, 6.45) is 2.65. The molecule has 35 heavy (non-hydrogen) atoms. The van der Waals surface area contributed by atoms with E-state index in [9.17, 15) is 19.5 Å². The van der Waals surface area contributed by atoms with Gasteiger partial charge in [-0.15, -0.1) is 0 Å². The van der Waals surface area contributed by atoms with Gasteiger partial charge in [0.2, 0.25) is 5.91 Å². The first kappa shape index (κ1) is 24.8. The molecule has 2 aromatic carbocycles. The molecule has 2 aromatic rings. The van der Waals surface area contributed by atoms with Crippen LogP contribution < -0.4 is 10.6 Å². The van der Waals surface area contributed by atoms with Crippen LogP contribution in [-0.2, 0) is 14.3 Å². The topological polar surface area (TPSA) is 105 Å². The standard InChI is InChI=1S/C28H34N2O5/c1-3-18(2)25(26(33)29-17-28(13-8-14-28)15-24(31)32)30-27(34)35-16-23-21-11-6-4-9-19(21)20-10-5-7-12-22(20)23/h4-7,9-12,18,23,25H,3,8,13-17H2,1-2H3,(H,29,33)(H,30,34)(H,31,32)/t18-,25-/m0/s1. The largest absolute Gasteiger partial charge is 0.481 e. The van der Waals surface area contributed by atoms with Gasteiger partial charge in [0, 0.05) is 12.5 Å². The smallest absolute Gasteiger partial charge is 0.407 e. The number of carbonyl (C=O) groups is 3. The number of hydrogen-bond donors (Lipinski definition) is 3. The molecule has 0 radical (unpaired) electrons. The number of rotatable bonds is 10. The van der Waals surface area contributed by atoms with Crippen LogP contribution in [0.5, 0.6) is 0 Å². The Bertz CT molecular complexity index is 1050. The normalized spacial score (nSPS) is 17.3. The number of hydrogen-bond acceptors (Lipinski definition) is 4. The van der Waals surface area contributed by atoms with Gasteiger partial charge in [0.1, 0.15) is 12.6 Å². The molecular weight excluding hydrogens is 444 g/mol. The van der Waals surface area contributed by atoms with Gasteiger partial charge in [0.25, 0.3) is 0 Å². The Kier molecular flexibility index (Phi) is 7.43. The number of ether oxygens (including phenoxy) is 1. The highest BCUT2D eigenvalue weighted by Crippen LogP contribution is 2.45. The van der Waals surface area contributed by atoms with Crippen LogP contribution in [-0.4, -0.2) is 42.3 Å². The van der Waals surface area contributed by atoms with Crippen LogP contribution in [0.25, 0.3) is 11.1 Å². The van der Waals surface area contributed by atoms with Crippen LogP contribution in [0.2, 0.25) is 0 Å². The maximum atomic E-state index is 13.0. The van der Waals surface area contributed by atoms with Crippen molar-refractivity contribution in [3.8, 4) is 11.1 Å². The summed E-state index contributed by atoms with van der Waals surface area (Å²) in [5.74, 6) is -1.32. The molecule has 2 amide bonds. The Morgan fingerprint density at radius 2 is 1.66 bits per heavy atom. The maximum absolute atomic E-state index is 13.0. The lowest BCUT2D eigenvalue weighted by Gasteiger charge is -2.41. The molecule has 2 aliphatic carbocycles. The molecule has 7 heteroatoms. The van der Waals surface area contributed by atoms with Gasteiger partial charge in [0.15, 0.2) is 0 Å². The zero-order valence-electron chi connectivity index (χ0n) is 20.4. The van der Waals surface area contributed by atoms with Crippen LogP contribution in [0.3, 0.4) is 0 Å². The molecule has 3 N–H and O–H groups in total. The van der Waals surface area contributed by atoms with Crippen LogP contribution in [0, 0.1) is 11.3 Å². The Labute approximate surface area is 206 Å². The molecular formula is C28H34N2O5. The van der Waals surface area contributed by atoms with Gasteiger partial charge in [-0.2, -0.15) is 0 Å². The summed E-state index contributed by atoms with van der Waals surface area (Å²) in [4.78, 5) is 37.0. The van der Waals surface area contributed by atoms with Crippen LogP contribution >= 0.6 is 0 Å². The monoisotopic (exact) mass is 478 g/mol. The van der Waals surface area contributed by atoms with Gasteiger partial charge in [-0.3, -0.25) is 9.59 Å². The van der Waals surface area contributed by atoms with E-state index in [0.717, 1.165) is 41.5 Å². The van der Waals surface area contributed by atoms with E-state index < -0.39 is 18.1 Å². The van der Waals surface area contributed by atoms with Crippen molar-refractivity contribution in [1.82, 2.24) is 10.6 Å². The average molecular weight is 479 g/mol. The summed E-state index contributed by atoms with van der Waals surface area (Å²) in [6.45, 7) is 4.35. The van der Waals surface area contributed by atoms with Crippen LogP contribution in [0.4, 0.5) is 4.79 Å². The lowest BCUT2D eigenvalue weighted by Crippen LogP contribution is -2.53. The molecule has 0 saturated heterocycles. The highest BCUT2D eigenvalue weighted by molar-refractivity contribution is 5.86. The zero-order valence-corrected chi connectivity index (χ0v) is 20.4. The first-order valence-electron chi connectivity index (χ1n) is 12.4. The third-order valence-corrected chi connectivity index (χ3v) is 7.69. The fourth-order valence-corrected chi connectivity index (χ4v) is 5.27. The molecule has 1 fully saturated rings. The molecule has 0 aromatic heterocycles. The Morgan fingerprint density at radius 3 is 2.17 bits per heavy atom. The number of carboxylic acid groups (broad SMARTS) is 1. The Hall–Kier alpha value is -3.35. The fraction of sp³-hybridized carbons (Fsp3) is 0.464. The summed E-state index contributed by atoms with van der Waals surface area (Å²) < 4.78 is 5.64. The fourth-order valence-electron chi connectivity index (χ4n) is 5.27. The zero-order chi connectivity index (χ0) is 25.0. The molecule has 0 bridgehead atoms. The van der Waals surface area contributed by atoms with E-state index in [1.54, 1.807) is 0 Å². The predicted molar refractivity (Wildman–Crippen MR) is 133 cm³/mol. The van der Waals surface area contributed by atoms with E-state index in [4.69, 9.17) is 4.74 Å². The number of alkyl carbamates (subject to hydrolysis) is 1. The SMILES string of the molecule is CC[C@H](C)[C@H](NC(=O)OCC1c2ccccc2-c2ccccc21)C(=O)NCC1(CC(=O)O)CCC1. The summed E-state index contributed by atoms with van der Waals surface area (Å²) in [5.41, 5.74) is 4.18. The van der Waals surface area contributed by atoms with Crippen molar-refractivity contribution in [2.24, 2.45) is 11.3 Å². The number of carbonyl (C=O) groups excluding carboxylic acids is 2. The van der Waals surface area contributed by atoms with Crippen molar-refractivity contribution in [1.29, 1.82) is 0 Å².